The molecule has 0 saturated heterocycles. The van der Waals surface area contributed by atoms with Gasteiger partial charge in [0.2, 0.25) is 11.0 Å². The molecule has 2 rings (SSSR count). The average Bonchev–Trinajstić information content (AvgIpc) is 2.82. The van der Waals surface area contributed by atoms with E-state index in [9.17, 15) is 13.2 Å². The van der Waals surface area contributed by atoms with Gasteiger partial charge in [-0.15, -0.1) is 0 Å². The van der Waals surface area contributed by atoms with Crippen LogP contribution < -0.4 is 5.32 Å². The monoisotopic (exact) mass is 263 g/mol. The van der Waals surface area contributed by atoms with Crippen LogP contribution in [0.3, 0.4) is 0 Å². The maximum Gasteiger partial charge on any atom is 0.452 e. The molecule has 2 heterocycles. The van der Waals surface area contributed by atoms with Crippen molar-refractivity contribution in [2.24, 2.45) is 7.05 Å². The number of aromatic nitrogens is 4. The summed E-state index contributed by atoms with van der Waals surface area (Å²) in [5, 5.41) is 2.87. The number of alkyl halides is 3. The van der Waals surface area contributed by atoms with E-state index in [4.69, 9.17) is 0 Å². The van der Waals surface area contributed by atoms with E-state index in [2.05, 4.69) is 19.7 Å². The van der Waals surface area contributed by atoms with E-state index >= 15 is 0 Å². The number of nitrogens with zero attached hydrogens (tertiary/aromatic N) is 4. The zero-order chi connectivity index (χ0) is 12.5. The lowest BCUT2D eigenvalue weighted by Crippen LogP contribution is -2.08. The molecule has 1 N–H and O–H groups in total. The third kappa shape index (κ3) is 2.73. The highest BCUT2D eigenvalue weighted by Gasteiger charge is 2.36. The van der Waals surface area contributed by atoms with E-state index in [0.717, 1.165) is 0 Å². The summed E-state index contributed by atoms with van der Waals surface area (Å²) in [5.74, 6) is -0.418. The molecule has 0 bridgehead atoms. The van der Waals surface area contributed by atoms with Gasteiger partial charge in [-0.1, -0.05) is 0 Å². The summed E-state index contributed by atoms with van der Waals surface area (Å²) >= 11 is 0.675. The van der Waals surface area contributed by atoms with Crippen molar-refractivity contribution in [3.05, 3.63) is 24.0 Å². The van der Waals surface area contributed by atoms with Crippen LogP contribution in [0.15, 0.2) is 12.4 Å². The van der Waals surface area contributed by atoms with Gasteiger partial charge >= 0.3 is 6.18 Å². The summed E-state index contributed by atoms with van der Waals surface area (Å²) < 4.78 is 41.6. The molecule has 0 spiro atoms. The van der Waals surface area contributed by atoms with Crippen LogP contribution in [0.2, 0.25) is 0 Å². The molecule has 2 aromatic rings. The molecule has 92 valence electrons. The van der Waals surface area contributed by atoms with Crippen molar-refractivity contribution in [1.29, 1.82) is 0 Å². The second kappa shape index (κ2) is 4.32. The minimum absolute atomic E-state index is 0.125. The lowest BCUT2D eigenvalue weighted by Gasteiger charge is -2.02. The molecule has 0 aliphatic rings. The number of rotatable bonds is 3. The maximum atomic E-state index is 12.2. The summed E-state index contributed by atoms with van der Waals surface area (Å²) in [4.78, 5) is 7.37. The van der Waals surface area contributed by atoms with Crippen molar-refractivity contribution in [3.8, 4) is 0 Å². The zero-order valence-electron chi connectivity index (χ0n) is 8.69. The van der Waals surface area contributed by atoms with E-state index in [0.29, 0.717) is 23.9 Å². The van der Waals surface area contributed by atoms with Crippen molar-refractivity contribution < 1.29 is 13.2 Å². The summed E-state index contributed by atoms with van der Waals surface area (Å²) in [7, 11) is 1.80. The molecule has 0 atom stereocenters. The van der Waals surface area contributed by atoms with Gasteiger partial charge in [0.15, 0.2) is 0 Å². The first-order valence-electron chi connectivity index (χ1n) is 4.58. The predicted octanol–water partition coefficient (Wildman–Crippen LogP) is 1.90. The highest BCUT2D eigenvalue weighted by molar-refractivity contribution is 7.09. The number of halogens is 3. The van der Waals surface area contributed by atoms with Crippen molar-refractivity contribution in [2.75, 3.05) is 5.32 Å². The van der Waals surface area contributed by atoms with Crippen LogP contribution in [0.1, 0.15) is 11.6 Å². The second-order valence-corrected chi connectivity index (χ2v) is 3.98. The van der Waals surface area contributed by atoms with E-state index in [-0.39, 0.29) is 5.13 Å². The molecule has 0 aliphatic carbocycles. The standard InChI is InChI=1S/C8H8F3N5S/c1-16-3-2-12-5(16)4-13-7-14-6(15-17-7)8(9,10)11/h2-3H,4H2,1H3,(H,13,14,15). The highest BCUT2D eigenvalue weighted by atomic mass is 32.1. The van der Waals surface area contributed by atoms with Gasteiger partial charge < -0.3 is 9.88 Å². The van der Waals surface area contributed by atoms with Gasteiger partial charge in [0.1, 0.15) is 5.82 Å². The lowest BCUT2D eigenvalue weighted by molar-refractivity contribution is -0.144. The fourth-order valence-corrected chi connectivity index (χ4v) is 1.71. The fourth-order valence-electron chi connectivity index (χ4n) is 1.13. The van der Waals surface area contributed by atoms with Crippen LogP contribution in [0.25, 0.3) is 0 Å². The molecule has 0 aromatic carbocycles. The molecule has 17 heavy (non-hydrogen) atoms. The Kier molecular flexibility index (Phi) is 3.01. The SMILES string of the molecule is Cn1ccnc1CNc1nc(C(F)(F)F)ns1. The lowest BCUT2D eigenvalue weighted by atomic mass is 10.6. The van der Waals surface area contributed by atoms with E-state index in [1.165, 1.54) is 0 Å². The predicted molar refractivity (Wildman–Crippen MR) is 55.4 cm³/mol. The average molecular weight is 263 g/mol. The minimum atomic E-state index is -4.50. The molecule has 0 radical (unpaired) electrons. The number of imidazole rings is 1. The minimum Gasteiger partial charge on any atom is -0.353 e. The number of hydrogen-bond donors (Lipinski definition) is 1. The van der Waals surface area contributed by atoms with Crippen LogP contribution in [0.5, 0.6) is 0 Å². The summed E-state index contributed by atoms with van der Waals surface area (Å²) in [5.41, 5.74) is 0. The topological polar surface area (TPSA) is 55.6 Å². The van der Waals surface area contributed by atoms with Crippen LogP contribution in [-0.2, 0) is 19.8 Å². The number of hydrogen-bond acceptors (Lipinski definition) is 5. The fraction of sp³-hybridized carbons (Fsp3) is 0.375. The molecular weight excluding hydrogens is 255 g/mol. The Morgan fingerprint density at radius 1 is 1.47 bits per heavy atom. The first-order chi connectivity index (χ1) is 7.97. The van der Waals surface area contributed by atoms with E-state index < -0.39 is 12.0 Å². The van der Waals surface area contributed by atoms with Crippen molar-refractivity contribution in [1.82, 2.24) is 18.9 Å². The first-order valence-corrected chi connectivity index (χ1v) is 5.35. The Bertz CT molecular complexity index is 503. The zero-order valence-corrected chi connectivity index (χ0v) is 9.51. The van der Waals surface area contributed by atoms with Gasteiger partial charge in [0.05, 0.1) is 6.54 Å². The first kappa shape index (κ1) is 11.8. The third-order valence-electron chi connectivity index (χ3n) is 2.00. The van der Waals surface area contributed by atoms with E-state index in [1.54, 1.807) is 24.0 Å². The smallest absolute Gasteiger partial charge is 0.353 e. The van der Waals surface area contributed by atoms with Crippen LogP contribution in [0, 0.1) is 0 Å². The van der Waals surface area contributed by atoms with E-state index in [1.807, 2.05) is 0 Å². The maximum absolute atomic E-state index is 12.2. The van der Waals surface area contributed by atoms with Crippen LogP contribution in [0.4, 0.5) is 18.3 Å². The normalized spacial score (nSPS) is 11.8. The Morgan fingerprint density at radius 2 is 2.24 bits per heavy atom. The summed E-state index contributed by atoms with van der Waals surface area (Å²) in [6.45, 7) is 0.302. The van der Waals surface area contributed by atoms with Gasteiger partial charge in [0, 0.05) is 31.0 Å². The third-order valence-corrected chi connectivity index (χ3v) is 2.67. The molecule has 5 nitrogen and oxygen atoms in total. The van der Waals surface area contributed by atoms with Crippen molar-refractivity contribution in [2.45, 2.75) is 12.7 Å². The summed E-state index contributed by atoms with van der Waals surface area (Å²) in [6, 6.07) is 0. The Hall–Kier alpha value is -1.64. The number of anilines is 1. The number of nitrogens with one attached hydrogen (secondary N) is 1. The second-order valence-electron chi connectivity index (χ2n) is 3.23. The van der Waals surface area contributed by atoms with Crippen molar-refractivity contribution in [3.63, 3.8) is 0 Å². The van der Waals surface area contributed by atoms with Gasteiger partial charge in [-0.05, 0) is 0 Å². The quantitative estimate of drug-likeness (QED) is 0.919. The molecule has 9 heteroatoms. The molecule has 0 unspecified atom stereocenters. The Balaban J connectivity index is 2.01. The van der Waals surface area contributed by atoms with Gasteiger partial charge in [0.25, 0.3) is 0 Å². The largest absolute Gasteiger partial charge is 0.452 e. The van der Waals surface area contributed by atoms with Gasteiger partial charge in [-0.25, -0.2) is 4.98 Å². The van der Waals surface area contributed by atoms with Crippen LogP contribution >= 0.6 is 11.5 Å². The van der Waals surface area contributed by atoms with Gasteiger partial charge in [-0.2, -0.15) is 22.5 Å². The van der Waals surface area contributed by atoms with Gasteiger partial charge in [-0.3, -0.25) is 0 Å². The summed E-state index contributed by atoms with van der Waals surface area (Å²) in [6.07, 6.45) is -1.14. The Morgan fingerprint density at radius 3 is 2.76 bits per heavy atom. The molecule has 0 amide bonds. The molecule has 0 aliphatic heterocycles. The molecular formula is C8H8F3N5S. The highest BCUT2D eigenvalue weighted by Crippen LogP contribution is 2.28. The number of aryl methyl sites for hydroxylation is 1. The molecule has 2 aromatic heterocycles. The van der Waals surface area contributed by atoms with Crippen molar-refractivity contribution >= 4 is 16.7 Å². The van der Waals surface area contributed by atoms with Crippen LogP contribution in [-0.4, -0.2) is 18.9 Å². The Labute approximate surface area is 98.5 Å². The molecule has 0 saturated carbocycles. The molecule has 0 fully saturated rings.